The molecule has 0 aliphatic carbocycles. The second-order valence-corrected chi connectivity index (χ2v) is 8.27. The van der Waals surface area contributed by atoms with Crippen LogP contribution in [0.25, 0.3) is 10.9 Å². The number of nitrogens with zero attached hydrogens (tertiary/aromatic N) is 3. The van der Waals surface area contributed by atoms with Crippen molar-refractivity contribution in [3.8, 4) is 0 Å². The van der Waals surface area contributed by atoms with E-state index < -0.39 is 24.5 Å². The van der Waals surface area contributed by atoms with Gasteiger partial charge in [0, 0.05) is 31.3 Å². The van der Waals surface area contributed by atoms with Crippen molar-refractivity contribution in [2.45, 2.75) is 32.2 Å². The molecule has 1 atom stereocenters. The lowest BCUT2D eigenvalue weighted by Crippen LogP contribution is -2.32. The first-order valence-electron chi connectivity index (χ1n) is 10.3. The molecule has 1 aromatic heterocycles. The van der Waals surface area contributed by atoms with Crippen LogP contribution in [-0.4, -0.2) is 39.6 Å². The van der Waals surface area contributed by atoms with Gasteiger partial charge in [-0.3, -0.25) is 9.36 Å². The average molecular weight is 442 g/mol. The molecule has 0 saturated carbocycles. The summed E-state index contributed by atoms with van der Waals surface area (Å²) in [7, 11) is 1.54. The highest BCUT2D eigenvalue weighted by molar-refractivity contribution is 5.94. The van der Waals surface area contributed by atoms with Crippen LogP contribution in [0.5, 0.6) is 0 Å². The minimum atomic E-state index is -2.82. The number of para-hydroxylation sites is 1. The molecule has 1 aliphatic heterocycles. The van der Waals surface area contributed by atoms with E-state index in [9.17, 15) is 23.5 Å². The molecule has 0 bridgehead atoms. The lowest BCUT2D eigenvalue weighted by molar-refractivity contribution is 0.0256. The van der Waals surface area contributed by atoms with Crippen molar-refractivity contribution in [2.24, 2.45) is 7.05 Å². The van der Waals surface area contributed by atoms with Gasteiger partial charge in [0.25, 0.3) is 11.5 Å². The van der Waals surface area contributed by atoms with E-state index in [1.807, 2.05) is 19.9 Å². The monoisotopic (exact) mass is 442 g/mol. The number of aromatic nitrogens is 2. The molecule has 1 unspecified atom stereocenters. The number of hydrogen-bond acceptors (Lipinski definition) is 5. The van der Waals surface area contributed by atoms with E-state index in [4.69, 9.17) is 0 Å². The van der Waals surface area contributed by atoms with E-state index in [0.29, 0.717) is 22.2 Å². The van der Waals surface area contributed by atoms with Crippen molar-refractivity contribution in [1.82, 2.24) is 9.55 Å². The maximum Gasteiger partial charge on any atom is 0.337 e. The van der Waals surface area contributed by atoms with Crippen LogP contribution < -0.4 is 15.8 Å². The van der Waals surface area contributed by atoms with E-state index in [2.05, 4.69) is 10.3 Å². The Labute approximate surface area is 183 Å². The molecule has 2 aromatic carbocycles. The summed E-state index contributed by atoms with van der Waals surface area (Å²) in [6, 6.07) is 9.76. The molecular formula is C23H24F2N4O3. The molecule has 2 heterocycles. The minimum absolute atomic E-state index is 0.111. The number of anilines is 2. The van der Waals surface area contributed by atoms with E-state index in [1.165, 1.54) is 22.6 Å². The maximum atomic E-state index is 13.8. The van der Waals surface area contributed by atoms with Crippen LogP contribution >= 0.6 is 0 Å². The van der Waals surface area contributed by atoms with Crippen LogP contribution in [0, 0.1) is 6.92 Å². The molecule has 0 spiro atoms. The molecule has 3 aromatic rings. The summed E-state index contributed by atoms with van der Waals surface area (Å²) in [6.07, 6.45) is -0.286. The second-order valence-electron chi connectivity index (χ2n) is 8.27. The first kappa shape index (κ1) is 21.7. The van der Waals surface area contributed by atoms with Crippen LogP contribution in [0.3, 0.4) is 0 Å². The Hall–Kier alpha value is -3.49. The van der Waals surface area contributed by atoms with Crippen molar-refractivity contribution in [2.75, 3.05) is 23.3 Å². The Morgan fingerprint density at radius 1 is 1.28 bits per heavy atom. The van der Waals surface area contributed by atoms with E-state index in [1.54, 1.807) is 24.3 Å². The van der Waals surface area contributed by atoms with Crippen LogP contribution in [0.1, 0.15) is 40.9 Å². The third-order valence-electron chi connectivity index (χ3n) is 5.78. The summed E-state index contributed by atoms with van der Waals surface area (Å²) in [5.74, 6) is -3.68. The van der Waals surface area contributed by atoms with E-state index in [-0.39, 0.29) is 30.0 Å². The molecule has 0 amide bonds. The van der Waals surface area contributed by atoms with Gasteiger partial charge in [0.05, 0.1) is 29.1 Å². The summed E-state index contributed by atoms with van der Waals surface area (Å²) in [5.41, 5.74) is 2.18. The van der Waals surface area contributed by atoms with E-state index in [0.717, 1.165) is 5.56 Å². The summed E-state index contributed by atoms with van der Waals surface area (Å²) in [6.45, 7) is 3.32. The fourth-order valence-corrected chi connectivity index (χ4v) is 4.17. The van der Waals surface area contributed by atoms with Gasteiger partial charge < -0.3 is 15.3 Å². The van der Waals surface area contributed by atoms with Crippen molar-refractivity contribution in [3.05, 3.63) is 63.4 Å². The first-order chi connectivity index (χ1) is 15.1. The average Bonchev–Trinajstić information content (AvgIpc) is 3.10. The van der Waals surface area contributed by atoms with Crippen LogP contribution in [0.15, 0.2) is 41.2 Å². The van der Waals surface area contributed by atoms with Crippen molar-refractivity contribution < 1.29 is 18.7 Å². The number of fused-ring (bicyclic) bond motifs is 1. The Balaban J connectivity index is 1.83. The number of carboxylic acids is 1. The molecule has 32 heavy (non-hydrogen) atoms. The summed E-state index contributed by atoms with van der Waals surface area (Å²) in [5, 5.41) is 13.1. The number of rotatable bonds is 5. The topological polar surface area (TPSA) is 87.5 Å². The highest BCUT2D eigenvalue weighted by Crippen LogP contribution is 2.32. The second kappa shape index (κ2) is 7.89. The van der Waals surface area contributed by atoms with Gasteiger partial charge in [-0.25, -0.2) is 18.6 Å². The zero-order valence-electron chi connectivity index (χ0n) is 18.0. The lowest BCUT2D eigenvalue weighted by atomic mass is 10.0. The fraction of sp³-hybridized carbons (Fsp3) is 0.348. The van der Waals surface area contributed by atoms with Gasteiger partial charge in [-0.2, -0.15) is 0 Å². The molecule has 2 N–H and O–H groups in total. The van der Waals surface area contributed by atoms with Crippen LogP contribution in [-0.2, 0) is 7.05 Å². The van der Waals surface area contributed by atoms with Crippen LogP contribution in [0.2, 0.25) is 0 Å². The molecule has 1 fully saturated rings. The summed E-state index contributed by atoms with van der Waals surface area (Å²) in [4.78, 5) is 30.8. The highest BCUT2D eigenvalue weighted by Gasteiger charge is 2.39. The van der Waals surface area contributed by atoms with Gasteiger partial charge in [-0.1, -0.05) is 18.2 Å². The number of halogens is 2. The third kappa shape index (κ3) is 3.90. The number of alkyl halides is 2. The zero-order chi connectivity index (χ0) is 23.2. The smallest absolute Gasteiger partial charge is 0.337 e. The highest BCUT2D eigenvalue weighted by atomic mass is 19.3. The summed E-state index contributed by atoms with van der Waals surface area (Å²) >= 11 is 0. The quantitative estimate of drug-likeness (QED) is 0.622. The predicted octanol–water partition coefficient (Wildman–Crippen LogP) is 3.96. The lowest BCUT2D eigenvalue weighted by Gasteiger charge is -2.23. The fourth-order valence-electron chi connectivity index (χ4n) is 4.17. The molecule has 7 nitrogen and oxygen atoms in total. The van der Waals surface area contributed by atoms with Gasteiger partial charge in [-0.15, -0.1) is 0 Å². The number of benzene rings is 2. The van der Waals surface area contributed by atoms with Crippen molar-refractivity contribution >= 4 is 28.5 Å². The normalized spacial score (nSPS) is 16.3. The number of nitrogens with one attached hydrogen (secondary N) is 1. The number of hydrogen-bond donors (Lipinski definition) is 2. The van der Waals surface area contributed by atoms with Crippen molar-refractivity contribution in [3.63, 3.8) is 0 Å². The zero-order valence-corrected chi connectivity index (χ0v) is 18.0. The van der Waals surface area contributed by atoms with Gasteiger partial charge in [0.1, 0.15) is 0 Å². The Bertz CT molecular complexity index is 1270. The summed E-state index contributed by atoms with van der Waals surface area (Å²) < 4.78 is 28.9. The number of aryl methyl sites for hydroxylation is 1. The predicted molar refractivity (Wildman–Crippen MR) is 119 cm³/mol. The minimum Gasteiger partial charge on any atom is -0.478 e. The molecular weight excluding hydrogens is 418 g/mol. The van der Waals surface area contributed by atoms with Crippen molar-refractivity contribution in [1.29, 1.82) is 0 Å². The van der Waals surface area contributed by atoms with Gasteiger partial charge in [0.2, 0.25) is 5.95 Å². The number of carbonyl (C=O) groups is 1. The maximum absolute atomic E-state index is 13.8. The molecule has 168 valence electrons. The molecule has 0 radical (unpaired) electrons. The Morgan fingerprint density at radius 2 is 2.00 bits per heavy atom. The number of aromatic carboxylic acids is 1. The van der Waals surface area contributed by atoms with Gasteiger partial charge >= 0.3 is 5.97 Å². The third-order valence-corrected chi connectivity index (χ3v) is 5.78. The molecule has 1 aliphatic rings. The SMILES string of the molecule is Cc1cc(C(C)Nc2ccccc2C(=O)O)c2nc(N3CCC(F)(F)C3)n(C)c(=O)c2c1. The Morgan fingerprint density at radius 3 is 2.66 bits per heavy atom. The largest absolute Gasteiger partial charge is 0.478 e. The molecule has 1 saturated heterocycles. The molecule has 4 rings (SSSR count). The van der Waals surface area contributed by atoms with E-state index >= 15 is 0 Å². The number of carboxylic acid groups (broad SMARTS) is 1. The van der Waals surface area contributed by atoms with Crippen LogP contribution in [0.4, 0.5) is 20.4 Å². The van der Waals surface area contributed by atoms with Gasteiger partial charge in [-0.05, 0) is 37.6 Å². The molecule has 9 heteroatoms. The Kier molecular flexibility index (Phi) is 5.36. The first-order valence-corrected chi connectivity index (χ1v) is 10.3. The van der Waals surface area contributed by atoms with Gasteiger partial charge in [0.15, 0.2) is 0 Å². The standard InChI is InChI=1S/C23H24F2N4O3/c1-13-10-16(14(2)26-18-7-5-4-6-15(18)21(31)32)19-17(11-13)20(30)28(3)22(27-19)29-9-8-23(24,25)12-29/h4-7,10-11,14,26H,8-9,12H2,1-3H3,(H,31,32).